The van der Waals surface area contributed by atoms with Gasteiger partial charge < -0.3 is 20.9 Å². The van der Waals surface area contributed by atoms with Crippen LogP contribution in [0.1, 0.15) is 44.4 Å². The predicted molar refractivity (Wildman–Crippen MR) is 193 cm³/mol. The number of benzene rings is 3. The fourth-order valence-electron chi connectivity index (χ4n) is 4.90. The first kappa shape index (κ1) is 38.7. The number of nitrogens with zero attached hydrogens (tertiary/aromatic N) is 3. The number of nitriles is 1. The number of hydrogen-bond acceptors (Lipinski definition) is 7. The van der Waals surface area contributed by atoms with E-state index in [1.54, 1.807) is 18.2 Å². The second kappa shape index (κ2) is 17.4. The molecule has 1 atom stereocenters. The molecule has 10 heteroatoms. The highest BCUT2D eigenvalue weighted by atomic mass is 35.5. The summed E-state index contributed by atoms with van der Waals surface area (Å²) in [4.78, 5) is 8.92. The number of aliphatic hydroxyl groups excluding tert-OH is 1. The topological polar surface area (TPSA) is 117 Å². The first-order chi connectivity index (χ1) is 20.9. The molecule has 2 heterocycles. The lowest BCUT2D eigenvalue weighted by atomic mass is 9.95. The van der Waals surface area contributed by atoms with Gasteiger partial charge in [0.2, 0.25) is 0 Å². The number of rotatable bonds is 10. The van der Waals surface area contributed by atoms with E-state index in [-0.39, 0.29) is 48.1 Å². The van der Waals surface area contributed by atoms with Gasteiger partial charge in [-0.1, -0.05) is 54.1 Å². The van der Waals surface area contributed by atoms with Crippen LogP contribution in [0.25, 0.3) is 21.8 Å². The molecule has 3 aromatic carbocycles. The van der Waals surface area contributed by atoms with E-state index < -0.39 is 6.10 Å². The molecule has 7 nitrogen and oxygen atoms in total. The van der Waals surface area contributed by atoms with Crippen LogP contribution in [-0.4, -0.2) is 45.4 Å². The SMILES string of the molecule is CC(C)(Cc1cnc2ccccc2c1)NC[C@@H](O)COc1cccc(Cl)c1C#N.CC(C)(N)Cc1cnc2ccccc2c1.Cl.Cl. The quantitative estimate of drug-likeness (QED) is 0.140. The molecule has 244 valence electrons. The molecule has 0 aliphatic rings. The third kappa shape index (κ3) is 11.7. The number of halogens is 3. The molecule has 0 spiro atoms. The van der Waals surface area contributed by atoms with Crippen molar-refractivity contribution < 1.29 is 9.84 Å². The molecule has 0 unspecified atom stereocenters. The van der Waals surface area contributed by atoms with Crippen LogP contribution in [0.2, 0.25) is 5.02 Å². The Hall–Kier alpha value is -3.48. The number of aliphatic hydroxyl groups is 1. The molecule has 0 amide bonds. The van der Waals surface area contributed by atoms with Crippen molar-refractivity contribution in [2.75, 3.05) is 13.2 Å². The van der Waals surface area contributed by atoms with Gasteiger partial charge in [-0.3, -0.25) is 9.97 Å². The summed E-state index contributed by atoms with van der Waals surface area (Å²) in [5, 5.41) is 25.5. The molecule has 0 bridgehead atoms. The van der Waals surface area contributed by atoms with Crippen LogP contribution in [-0.2, 0) is 12.8 Å². The van der Waals surface area contributed by atoms with Gasteiger partial charge in [-0.25, -0.2) is 0 Å². The molecule has 0 radical (unpaired) electrons. The summed E-state index contributed by atoms with van der Waals surface area (Å²) in [6.45, 7) is 8.65. The summed E-state index contributed by atoms with van der Waals surface area (Å²) in [6.07, 6.45) is 4.70. The average molecular weight is 683 g/mol. The highest BCUT2D eigenvalue weighted by molar-refractivity contribution is 6.31. The molecule has 4 N–H and O–H groups in total. The zero-order valence-electron chi connectivity index (χ0n) is 26.5. The Kier molecular flexibility index (Phi) is 14.7. The fraction of sp³-hybridized carbons (Fsp3) is 0.306. The van der Waals surface area contributed by atoms with Crippen molar-refractivity contribution in [3.05, 3.63) is 113 Å². The van der Waals surface area contributed by atoms with Crippen LogP contribution in [0.4, 0.5) is 0 Å². The van der Waals surface area contributed by atoms with Gasteiger partial charge in [0.15, 0.2) is 0 Å². The molecule has 0 fully saturated rings. The van der Waals surface area contributed by atoms with Crippen molar-refractivity contribution in [2.45, 2.75) is 57.7 Å². The molecule has 5 aromatic rings. The van der Waals surface area contributed by atoms with Gasteiger partial charge in [0.05, 0.1) is 16.1 Å². The maximum atomic E-state index is 10.3. The Bertz CT molecular complexity index is 1750. The maximum absolute atomic E-state index is 10.3. The van der Waals surface area contributed by atoms with E-state index in [9.17, 15) is 10.4 Å². The number of para-hydroxylation sites is 2. The van der Waals surface area contributed by atoms with E-state index in [1.807, 2.05) is 68.7 Å². The van der Waals surface area contributed by atoms with Gasteiger partial charge in [-0.15, -0.1) is 24.8 Å². The Labute approximate surface area is 289 Å². The standard InChI is InChI=1S/C23H24ClN3O2.C13H16N2.2ClH/c1-23(2,11-16-10-17-6-3-4-8-21(17)26-13-16)27-14-18(28)15-29-22-9-5-7-20(24)19(22)12-25;1-13(2,14)8-10-7-11-5-3-4-6-12(11)15-9-10;;/h3-10,13,18,27-28H,11,14-15H2,1-2H3;3-7,9H,8,14H2,1-2H3;2*1H/t18-;;;/m1.../s1. The lowest BCUT2D eigenvalue weighted by Crippen LogP contribution is -2.46. The lowest BCUT2D eigenvalue weighted by molar-refractivity contribution is 0.0987. The summed E-state index contributed by atoms with van der Waals surface area (Å²) in [5.41, 5.74) is 10.2. The highest BCUT2D eigenvalue weighted by Crippen LogP contribution is 2.25. The molecule has 0 aliphatic heterocycles. The number of pyridine rings is 2. The fourth-order valence-corrected chi connectivity index (χ4v) is 5.11. The van der Waals surface area contributed by atoms with Gasteiger partial charge in [0.1, 0.15) is 30.1 Å². The minimum absolute atomic E-state index is 0. The van der Waals surface area contributed by atoms with Crippen LogP contribution in [0, 0.1) is 11.3 Å². The van der Waals surface area contributed by atoms with Gasteiger partial charge in [-0.2, -0.15) is 5.26 Å². The second-order valence-corrected chi connectivity index (χ2v) is 12.8. The summed E-state index contributed by atoms with van der Waals surface area (Å²) in [7, 11) is 0. The molecule has 2 aromatic heterocycles. The van der Waals surface area contributed by atoms with E-state index in [0.29, 0.717) is 17.3 Å². The smallest absolute Gasteiger partial charge is 0.138 e. The van der Waals surface area contributed by atoms with Crippen LogP contribution >= 0.6 is 36.4 Å². The number of β-amino-alcohol motifs (C(OH)–C–C–N with tert-alkyl or cyclic N) is 1. The Morgan fingerprint density at radius 3 is 1.96 bits per heavy atom. The van der Waals surface area contributed by atoms with Gasteiger partial charge in [0, 0.05) is 40.8 Å². The zero-order chi connectivity index (χ0) is 31.7. The van der Waals surface area contributed by atoms with Gasteiger partial charge in [-0.05, 0) is 88.1 Å². The lowest BCUT2D eigenvalue weighted by Gasteiger charge is -2.28. The average Bonchev–Trinajstić information content (AvgIpc) is 2.98. The Morgan fingerprint density at radius 1 is 0.870 bits per heavy atom. The summed E-state index contributed by atoms with van der Waals surface area (Å²) < 4.78 is 5.60. The normalized spacial score (nSPS) is 11.8. The van der Waals surface area contributed by atoms with E-state index in [1.165, 1.54) is 10.9 Å². The van der Waals surface area contributed by atoms with Crippen LogP contribution in [0.15, 0.2) is 91.3 Å². The van der Waals surface area contributed by atoms with Crippen LogP contribution < -0.4 is 15.8 Å². The first-order valence-corrected chi connectivity index (χ1v) is 15.0. The molecule has 0 aliphatic carbocycles. The molecule has 0 saturated carbocycles. The number of aromatic nitrogens is 2. The maximum Gasteiger partial charge on any atom is 0.138 e. The summed E-state index contributed by atoms with van der Waals surface area (Å²) in [5.74, 6) is 0.376. The number of ether oxygens (including phenoxy) is 1. The zero-order valence-corrected chi connectivity index (χ0v) is 28.9. The number of hydrogen-bond donors (Lipinski definition) is 3. The van der Waals surface area contributed by atoms with Crippen LogP contribution in [0.3, 0.4) is 0 Å². The minimum atomic E-state index is -0.727. The van der Waals surface area contributed by atoms with Crippen molar-refractivity contribution in [2.24, 2.45) is 5.73 Å². The van der Waals surface area contributed by atoms with E-state index in [0.717, 1.165) is 34.8 Å². The van der Waals surface area contributed by atoms with E-state index in [2.05, 4.69) is 53.4 Å². The number of fused-ring (bicyclic) bond motifs is 2. The number of nitrogens with two attached hydrogens (primary N) is 1. The van der Waals surface area contributed by atoms with Crippen molar-refractivity contribution in [3.63, 3.8) is 0 Å². The van der Waals surface area contributed by atoms with Crippen molar-refractivity contribution in [3.8, 4) is 11.8 Å². The second-order valence-electron chi connectivity index (χ2n) is 12.4. The molecule has 0 saturated heterocycles. The third-order valence-corrected chi connectivity index (χ3v) is 7.25. The number of nitrogens with one attached hydrogen (secondary N) is 1. The van der Waals surface area contributed by atoms with E-state index >= 15 is 0 Å². The van der Waals surface area contributed by atoms with Gasteiger partial charge in [0.25, 0.3) is 0 Å². The van der Waals surface area contributed by atoms with Gasteiger partial charge >= 0.3 is 0 Å². The molecule has 46 heavy (non-hydrogen) atoms. The minimum Gasteiger partial charge on any atom is -0.489 e. The molecular weight excluding hydrogens is 641 g/mol. The highest BCUT2D eigenvalue weighted by Gasteiger charge is 2.20. The Morgan fingerprint density at radius 2 is 1.41 bits per heavy atom. The van der Waals surface area contributed by atoms with E-state index in [4.69, 9.17) is 22.1 Å². The summed E-state index contributed by atoms with van der Waals surface area (Å²) in [6, 6.07) is 27.5. The third-order valence-electron chi connectivity index (χ3n) is 6.93. The predicted octanol–water partition coefficient (Wildman–Crippen LogP) is 7.47. The van der Waals surface area contributed by atoms with Crippen molar-refractivity contribution >= 4 is 58.2 Å². The Balaban J connectivity index is 0.000000367. The van der Waals surface area contributed by atoms with Crippen molar-refractivity contribution in [1.82, 2.24) is 15.3 Å². The molecular formula is C36H42Cl3N5O2. The first-order valence-electron chi connectivity index (χ1n) is 14.6. The monoisotopic (exact) mass is 681 g/mol. The summed E-state index contributed by atoms with van der Waals surface area (Å²) >= 11 is 6.00. The van der Waals surface area contributed by atoms with Crippen LogP contribution in [0.5, 0.6) is 5.75 Å². The largest absolute Gasteiger partial charge is 0.489 e. The van der Waals surface area contributed by atoms with Crippen molar-refractivity contribution in [1.29, 1.82) is 5.26 Å². The molecule has 5 rings (SSSR count).